The van der Waals surface area contributed by atoms with Crippen LogP contribution in [0.2, 0.25) is 0 Å². The van der Waals surface area contributed by atoms with E-state index in [2.05, 4.69) is 4.98 Å². The zero-order valence-corrected chi connectivity index (χ0v) is 21.9. The number of anilines is 1. The summed E-state index contributed by atoms with van der Waals surface area (Å²) in [6.07, 6.45) is -4.42. The fourth-order valence-electron chi connectivity index (χ4n) is 4.46. The number of hydrogen-bond donors (Lipinski definition) is 0. The summed E-state index contributed by atoms with van der Waals surface area (Å²) in [7, 11) is -2.15. The molecule has 2 aromatic carbocycles. The third kappa shape index (κ3) is 5.57. The van der Waals surface area contributed by atoms with Crippen molar-refractivity contribution in [1.82, 2.24) is 14.3 Å². The number of aromatic nitrogens is 2. The maximum atomic E-state index is 13.2. The number of aryl methyl sites for hydroxylation is 1. The van der Waals surface area contributed by atoms with E-state index >= 15 is 0 Å². The molecule has 7 nitrogen and oxygen atoms in total. The van der Waals surface area contributed by atoms with E-state index in [9.17, 15) is 21.6 Å². The number of sulfonamides is 1. The summed E-state index contributed by atoms with van der Waals surface area (Å²) >= 11 is 0. The molecule has 4 rings (SSSR count). The van der Waals surface area contributed by atoms with Crippen LogP contribution in [0, 0.1) is 6.92 Å². The smallest absolute Gasteiger partial charge is 0.416 e. The van der Waals surface area contributed by atoms with Gasteiger partial charge in [0.2, 0.25) is 10.0 Å². The predicted molar refractivity (Wildman–Crippen MR) is 135 cm³/mol. The number of nitrogens with zero attached hydrogens (tertiary/aromatic N) is 4. The highest BCUT2D eigenvalue weighted by Crippen LogP contribution is 2.34. The molecule has 2 heterocycles. The van der Waals surface area contributed by atoms with E-state index in [1.807, 2.05) is 25.7 Å². The molecule has 37 heavy (non-hydrogen) atoms. The minimum atomic E-state index is -4.42. The van der Waals surface area contributed by atoms with Crippen LogP contribution in [0.4, 0.5) is 19.0 Å². The third-order valence-corrected chi connectivity index (χ3v) is 8.31. The number of halogens is 3. The lowest BCUT2D eigenvalue weighted by Gasteiger charge is -2.36. The Morgan fingerprint density at radius 2 is 1.51 bits per heavy atom. The van der Waals surface area contributed by atoms with E-state index in [1.165, 1.54) is 35.7 Å². The molecule has 0 aliphatic carbocycles. The monoisotopic (exact) mass is 534 g/mol. The first-order chi connectivity index (χ1) is 17.4. The number of ether oxygens (including phenoxy) is 1. The van der Waals surface area contributed by atoms with Crippen LogP contribution in [0.25, 0.3) is 11.4 Å². The van der Waals surface area contributed by atoms with E-state index in [1.54, 1.807) is 12.1 Å². The molecule has 0 unspecified atom stereocenters. The van der Waals surface area contributed by atoms with Gasteiger partial charge in [-0.25, -0.2) is 18.4 Å². The van der Waals surface area contributed by atoms with Crippen molar-refractivity contribution >= 4 is 15.8 Å². The van der Waals surface area contributed by atoms with Crippen molar-refractivity contribution in [2.75, 3.05) is 38.2 Å². The van der Waals surface area contributed by atoms with Gasteiger partial charge in [0, 0.05) is 43.0 Å². The topological polar surface area (TPSA) is 75.6 Å². The zero-order valence-electron chi connectivity index (χ0n) is 21.1. The molecule has 0 N–H and O–H groups in total. The Kier molecular flexibility index (Phi) is 7.48. The molecule has 1 fully saturated rings. The summed E-state index contributed by atoms with van der Waals surface area (Å²) in [6.45, 7) is 7.28. The second-order valence-corrected chi connectivity index (χ2v) is 11.1. The van der Waals surface area contributed by atoms with Gasteiger partial charge >= 0.3 is 6.18 Å². The predicted octanol–water partition coefficient (Wildman–Crippen LogP) is 5.11. The van der Waals surface area contributed by atoms with Crippen LogP contribution < -0.4 is 9.64 Å². The van der Waals surface area contributed by atoms with Gasteiger partial charge in [-0.05, 0) is 49.2 Å². The van der Waals surface area contributed by atoms with Gasteiger partial charge in [-0.1, -0.05) is 26.0 Å². The second-order valence-electron chi connectivity index (χ2n) is 9.17. The first kappa shape index (κ1) is 26.9. The lowest BCUT2D eigenvalue weighted by molar-refractivity contribution is -0.137. The minimum Gasteiger partial charge on any atom is -0.497 e. The van der Waals surface area contributed by atoms with Gasteiger partial charge < -0.3 is 9.64 Å². The summed E-state index contributed by atoms with van der Waals surface area (Å²) in [6, 6.07) is 11.1. The molecule has 11 heteroatoms. The Bertz CT molecular complexity index is 1350. The third-order valence-electron chi connectivity index (χ3n) is 6.40. The maximum absolute atomic E-state index is 13.2. The molecular weight excluding hydrogens is 505 g/mol. The molecule has 1 aliphatic rings. The van der Waals surface area contributed by atoms with Gasteiger partial charge in [-0.15, -0.1) is 0 Å². The lowest BCUT2D eigenvalue weighted by atomic mass is 10.0. The minimum absolute atomic E-state index is 0.0951. The fourth-order valence-corrected chi connectivity index (χ4v) is 5.88. The molecule has 1 aromatic heterocycles. The number of piperazine rings is 1. The summed E-state index contributed by atoms with van der Waals surface area (Å²) in [5.74, 6) is 1.68. The Morgan fingerprint density at radius 1 is 0.919 bits per heavy atom. The highest BCUT2D eigenvalue weighted by Gasteiger charge is 2.32. The van der Waals surface area contributed by atoms with Crippen LogP contribution in [0.1, 0.15) is 36.6 Å². The van der Waals surface area contributed by atoms with E-state index < -0.39 is 21.8 Å². The standard InChI is InChI=1S/C26H29F3N4O3S/c1-17(2)23-18(3)30-24(19-5-7-20(8-6-19)26(27,28)29)31-25(23)32-13-15-33(16-14-32)37(34,35)22-11-9-21(36-4)10-12-22/h5-12,17H,13-16H2,1-4H3. The van der Waals surface area contributed by atoms with Gasteiger partial charge in [0.15, 0.2) is 5.82 Å². The molecule has 0 atom stereocenters. The van der Waals surface area contributed by atoms with E-state index in [0.717, 1.165) is 23.4 Å². The molecule has 0 bridgehead atoms. The number of benzene rings is 2. The van der Waals surface area contributed by atoms with Crippen LogP contribution in [-0.4, -0.2) is 56.0 Å². The van der Waals surface area contributed by atoms with Crippen molar-refractivity contribution in [2.24, 2.45) is 0 Å². The molecule has 1 saturated heterocycles. The van der Waals surface area contributed by atoms with Crippen LogP contribution in [0.3, 0.4) is 0 Å². The Morgan fingerprint density at radius 3 is 2.03 bits per heavy atom. The average Bonchev–Trinajstić information content (AvgIpc) is 2.87. The molecule has 0 spiro atoms. The molecule has 198 valence electrons. The Hall–Kier alpha value is -3.18. The van der Waals surface area contributed by atoms with Crippen LogP contribution in [0.5, 0.6) is 5.75 Å². The van der Waals surface area contributed by atoms with Crippen molar-refractivity contribution in [2.45, 2.75) is 37.8 Å². The molecule has 1 aliphatic heterocycles. The average molecular weight is 535 g/mol. The Labute approximate surface area is 215 Å². The van der Waals surface area contributed by atoms with Crippen molar-refractivity contribution in [3.63, 3.8) is 0 Å². The Balaban J connectivity index is 1.60. The van der Waals surface area contributed by atoms with Crippen molar-refractivity contribution < 1.29 is 26.3 Å². The first-order valence-electron chi connectivity index (χ1n) is 11.9. The summed E-state index contributed by atoms with van der Waals surface area (Å²) in [4.78, 5) is 11.6. The SMILES string of the molecule is COc1ccc(S(=O)(=O)N2CCN(c3nc(-c4ccc(C(F)(F)F)cc4)nc(C)c3C(C)C)CC2)cc1. The number of methoxy groups -OCH3 is 1. The van der Waals surface area contributed by atoms with E-state index in [0.29, 0.717) is 36.0 Å². The van der Waals surface area contributed by atoms with Gasteiger partial charge in [0.25, 0.3) is 0 Å². The van der Waals surface area contributed by atoms with E-state index in [4.69, 9.17) is 9.72 Å². The number of hydrogen-bond acceptors (Lipinski definition) is 6. The number of rotatable bonds is 6. The van der Waals surface area contributed by atoms with Crippen LogP contribution in [0.15, 0.2) is 53.4 Å². The zero-order chi connectivity index (χ0) is 27.0. The molecule has 0 amide bonds. The normalized spacial score (nSPS) is 15.3. The fraction of sp³-hybridized carbons (Fsp3) is 0.385. The van der Waals surface area contributed by atoms with Crippen LogP contribution in [-0.2, 0) is 16.2 Å². The molecular formula is C26H29F3N4O3S. The quantitative estimate of drug-likeness (QED) is 0.437. The second kappa shape index (κ2) is 10.3. The van der Waals surface area contributed by atoms with Gasteiger partial charge in [0.1, 0.15) is 11.6 Å². The van der Waals surface area contributed by atoms with Crippen molar-refractivity contribution in [3.8, 4) is 17.1 Å². The van der Waals surface area contributed by atoms with Gasteiger partial charge in [-0.3, -0.25) is 0 Å². The summed E-state index contributed by atoms with van der Waals surface area (Å²) in [5.41, 5.74) is 1.42. The van der Waals surface area contributed by atoms with Crippen molar-refractivity contribution in [3.05, 3.63) is 65.4 Å². The maximum Gasteiger partial charge on any atom is 0.416 e. The largest absolute Gasteiger partial charge is 0.497 e. The van der Waals surface area contributed by atoms with Crippen molar-refractivity contribution in [1.29, 1.82) is 0 Å². The molecule has 0 radical (unpaired) electrons. The molecule has 0 saturated carbocycles. The summed E-state index contributed by atoms with van der Waals surface area (Å²) < 4.78 is 71.9. The first-order valence-corrected chi connectivity index (χ1v) is 13.3. The lowest BCUT2D eigenvalue weighted by Crippen LogP contribution is -2.49. The highest BCUT2D eigenvalue weighted by molar-refractivity contribution is 7.89. The van der Waals surface area contributed by atoms with Gasteiger partial charge in [0.05, 0.1) is 17.6 Å². The number of alkyl halides is 3. The highest BCUT2D eigenvalue weighted by atomic mass is 32.2. The summed E-state index contributed by atoms with van der Waals surface area (Å²) in [5, 5.41) is 0. The van der Waals surface area contributed by atoms with E-state index in [-0.39, 0.29) is 23.9 Å². The van der Waals surface area contributed by atoms with Crippen LogP contribution >= 0.6 is 0 Å². The van der Waals surface area contributed by atoms with Gasteiger partial charge in [-0.2, -0.15) is 17.5 Å². The molecule has 3 aromatic rings.